The van der Waals surface area contributed by atoms with Crippen molar-refractivity contribution in [1.82, 2.24) is 4.90 Å². The second-order valence-corrected chi connectivity index (χ2v) is 5.95. The van der Waals surface area contributed by atoms with Gasteiger partial charge in [-0.3, -0.25) is 4.90 Å². The number of hydrogen-bond acceptors (Lipinski definition) is 2. The first kappa shape index (κ1) is 11.2. The van der Waals surface area contributed by atoms with E-state index in [0.717, 1.165) is 6.54 Å². The number of nitrogens with two attached hydrogens (primary N) is 1. The van der Waals surface area contributed by atoms with Gasteiger partial charge < -0.3 is 5.73 Å². The van der Waals surface area contributed by atoms with Crippen molar-refractivity contribution in [3.8, 4) is 0 Å². The zero-order valence-electron chi connectivity index (χ0n) is 10.4. The molecule has 1 aliphatic heterocycles. The van der Waals surface area contributed by atoms with Crippen LogP contribution in [0.5, 0.6) is 0 Å². The van der Waals surface area contributed by atoms with Crippen LogP contribution >= 0.6 is 0 Å². The van der Waals surface area contributed by atoms with Crippen LogP contribution in [0.15, 0.2) is 30.3 Å². The number of benzene rings is 1. The average Bonchev–Trinajstić information content (AvgIpc) is 2.88. The third-order valence-electron chi connectivity index (χ3n) is 4.51. The highest BCUT2D eigenvalue weighted by atomic mass is 15.2. The monoisotopic (exact) mass is 230 g/mol. The van der Waals surface area contributed by atoms with Crippen molar-refractivity contribution in [1.29, 1.82) is 0 Å². The lowest BCUT2D eigenvalue weighted by molar-refractivity contribution is 0.254. The Kier molecular flexibility index (Phi) is 2.93. The van der Waals surface area contributed by atoms with Gasteiger partial charge >= 0.3 is 0 Å². The van der Waals surface area contributed by atoms with Crippen molar-refractivity contribution in [3.63, 3.8) is 0 Å². The summed E-state index contributed by atoms with van der Waals surface area (Å²) in [5.74, 6) is 0. The Morgan fingerprint density at radius 3 is 2.76 bits per heavy atom. The molecule has 0 aromatic heterocycles. The van der Waals surface area contributed by atoms with E-state index in [2.05, 4.69) is 35.2 Å². The Labute approximate surface area is 104 Å². The molecule has 2 unspecified atom stereocenters. The Balaban J connectivity index is 1.61. The maximum absolute atomic E-state index is 6.07. The predicted molar refractivity (Wildman–Crippen MR) is 70.6 cm³/mol. The molecule has 2 nitrogen and oxygen atoms in total. The minimum Gasteiger partial charge on any atom is -0.328 e. The highest BCUT2D eigenvalue weighted by Gasteiger charge is 2.42. The van der Waals surface area contributed by atoms with Crippen LogP contribution in [0.4, 0.5) is 0 Å². The third-order valence-corrected chi connectivity index (χ3v) is 4.51. The molecule has 0 radical (unpaired) electrons. The topological polar surface area (TPSA) is 29.3 Å². The van der Waals surface area contributed by atoms with Gasteiger partial charge in [-0.15, -0.1) is 0 Å². The molecule has 1 aromatic carbocycles. The van der Waals surface area contributed by atoms with Gasteiger partial charge in [0.15, 0.2) is 0 Å². The molecule has 2 fully saturated rings. The van der Waals surface area contributed by atoms with Crippen LogP contribution in [-0.2, 0) is 6.54 Å². The van der Waals surface area contributed by atoms with E-state index in [1.807, 2.05) is 0 Å². The minimum atomic E-state index is 0.465. The van der Waals surface area contributed by atoms with Gasteiger partial charge in [0.1, 0.15) is 0 Å². The first-order chi connectivity index (χ1) is 8.26. The summed E-state index contributed by atoms with van der Waals surface area (Å²) in [6.07, 6.45) is 5.18. The molecule has 92 valence electrons. The van der Waals surface area contributed by atoms with E-state index < -0.39 is 0 Å². The van der Waals surface area contributed by atoms with Crippen molar-refractivity contribution >= 4 is 0 Å². The van der Waals surface area contributed by atoms with Crippen LogP contribution in [0.1, 0.15) is 31.2 Å². The molecule has 1 saturated carbocycles. The molecule has 0 amide bonds. The minimum absolute atomic E-state index is 0.465. The predicted octanol–water partition coefficient (Wildman–Crippen LogP) is 2.39. The standard InChI is InChI=1S/C15H22N2/c16-14-6-7-15(10-14)8-9-17(12-15)11-13-4-2-1-3-5-13/h1-5,14H,6-12,16H2. The molecule has 1 saturated heterocycles. The summed E-state index contributed by atoms with van der Waals surface area (Å²) in [6, 6.07) is 11.3. The largest absolute Gasteiger partial charge is 0.328 e. The Morgan fingerprint density at radius 1 is 1.24 bits per heavy atom. The van der Waals surface area contributed by atoms with E-state index in [1.54, 1.807) is 0 Å². The Bertz CT molecular complexity index is 376. The number of hydrogen-bond donors (Lipinski definition) is 1. The molecule has 2 aliphatic rings. The normalized spacial score (nSPS) is 33.6. The highest BCUT2D eigenvalue weighted by molar-refractivity contribution is 5.15. The van der Waals surface area contributed by atoms with Gasteiger partial charge in [-0.05, 0) is 43.2 Å². The van der Waals surface area contributed by atoms with Gasteiger partial charge in [0.2, 0.25) is 0 Å². The van der Waals surface area contributed by atoms with Crippen LogP contribution in [0.2, 0.25) is 0 Å². The van der Waals surface area contributed by atoms with Crippen molar-refractivity contribution in [2.75, 3.05) is 13.1 Å². The van der Waals surface area contributed by atoms with E-state index >= 15 is 0 Å². The van der Waals surface area contributed by atoms with E-state index in [1.165, 1.54) is 44.3 Å². The summed E-state index contributed by atoms with van der Waals surface area (Å²) in [5, 5.41) is 0. The van der Waals surface area contributed by atoms with Gasteiger partial charge in [-0.1, -0.05) is 30.3 Å². The van der Waals surface area contributed by atoms with Crippen LogP contribution in [0.25, 0.3) is 0 Å². The summed E-state index contributed by atoms with van der Waals surface area (Å²) in [7, 11) is 0. The molecular weight excluding hydrogens is 208 g/mol. The summed E-state index contributed by atoms with van der Waals surface area (Å²) >= 11 is 0. The fourth-order valence-electron chi connectivity index (χ4n) is 3.63. The smallest absolute Gasteiger partial charge is 0.0233 e. The van der Waals surface area contributed by atoms with Crippen LogP contribution in [0.3, 0.4) is 0 Å². The molecular formula is C15H22N2. The zero-order valence-corrected chi connectivity index (χ0v) is 10.4. The zero-order chi connectivity index (χ0) is 11.7. The molecule has 2 heteroatoms. The quantitative estimate of drug-likeness (QED) is 0.845. The molecule has 2 atom stereocenters. The average molecular weight is 230 g/mol. The Morgan fingerprint density at radius 2 is 2.06 bits per heavy atom. The second-order valence-electron chi connectivity index (χ2n) is 5.95. The van der Waals surface area contributed by atoms with Gasteiger partial charge in [0.05, 0.1) is 0 Å². The number of likely N-dealkylation sites (tertiary alicyclic amines) is 1. The highest BCUT2D eigenvalue weighted by Crippen LogP contribution is 2.45. The van der Waals surface area contributed by atoms with Crippen LogP contribution in [-0.4, -0.2) is 24.0 Å². The molecule has 17 heavy (non-hydrogen) atoms. The lowest BCUT2D eigenvalue weighted by atomic mass is 9.85. The summed E-state index contributed by atoms with van der Waals surface area (Å²) in [4.78, 5) is 2.60. The van der Waals surface area contributed by atoms with E-state index in [0.29, 0.717) is 11.5 Å². The second kappa shape index (κ2) is 4.43. The van der Waals surface area contributed by atoms with Crippen molar-refractivity contribution < 1.29 is 0 Å². The first-order valence-electron chi connectivity index (χ1n) is 6.78. The molecule has 1 spiro atoms. The van der Waals surface area contributed by atoms with Crippen molar-refractivity contribution in [3.05, 3.63) is 35.9 Å². The molecule has 0 bridgehead atoms. The molecule has 3 rings (SSSR count). The van der Waals surface area contributed by atoms with E-state index in [-0.39, 0.29) is 0 Å². The fourth-order valence-corrected chi connectivity index (χ4v) is 3.63. The van der Waals surface area contributed by atoms with Gasteiger partial charge in [-0.25, -0.2) is 0 Å². The maximum Gasteiger partial charge on any atom is 0.0233 e. The van der Waals surface area contributed by atoms with Crippen molar-refractivity contribution in [2.45, 2.75) is 38.3 Å². The SMILES string of the molecule is NC1CCC2(CCN(Cc3ccccc3)C2)C1. The molecule has 1 aromatic rings. The first-order valence-corrected chi connectivity index (χ1v) is 6.78. The Hall–Kier alpha value is -0.860. The van der Waals surface area contributed by atoms with E-state index in [4.69, 9.17) is 5.73 Å². The number of nitrogens with zero attached hydrogens (tertiary/aromatic N) is 1. The molecule has 2 N–H and O–H groups in total. The fraction of sp³-hybridized carbons (Fsp3) is 0.600. The summed E-state index contributed by atoms with van der Waals surface area (Å²) < 4.78 is 0. The third kappa shape index (κ3) is 2.38. The van der Waals surface area contributed by atoms with Gasteiger partial charge in [0, 0.05) is 19.1 Å². The lowest BCUT2D eigenvalue weighted by Crippen LogP contribution is -2.26. The van der Waals surface area contributed by atoms with Crippen molar-refractivity contribution in [2.24, 2.45) is 11.1 Å². The van der Waals surface area contributed by atoms with Crippen LogP contribution < -0.4 is 5.73 Å². The molecule has 1 aliphatic carbocycles. The van der Waals surface area contributed by atoms with Gasteiger partial charge in [0.25, 0.3) is 0 Å². The lowest BCUT2D eigenvalue weighted by Gasteiger charge is -2.24. The van der Waals surface area contributed by atoms with Crippen LogP contribution in [0, 0.1) is 5.41 Å². The summed E-state index contributed by atoms with van der Waals surface area (Å²) in [5.41, 5.74) is 8.07. The summed E-state index contributed by atoms with van der Waals surface area (Å²) in [6.45, 7) is 3.62. The van der Waals surface area contributed by atoms with Gasteiger partial charge in [-0.2, -0.15) is 0 Å². The number of rotatable bonds is 2. The molecule has 1 heterocycles. The maximum atomic E-state index is 6.07. The van der Waals surface area contributed by atoms with E-state index in [9.17, 15) is 0 Å².